The Morgan fingerprint density at radius 3 is 2.13 bits per heavy atom. The van der Waals surface area contributed by atoms with Gasteiger partial charge in [-0.2, -0.15) is 5.06 Å². The SMILES string of the molecule is C=C[C@@H]1C[C@]1(NC(=O)[C@@H]1C[C@@H](ON=C2c3ccccc3-c3ccccc32)CN1C(=O)[C@H](C(C)C)N(O)C(=O)OC1CCCC1)C(=O)NS(=O)(=O)C1CC1. The monoisotopic (exact) mass is 747 g/mol. The highest BCUT2D eigenvalue weighted by Gasteiger charge is 2.62. The van der Waals surface area contributed by atoms with Crippen molar-refractivity contribution < 1.29 is 42.4 Å². The number of rotatable bonds is 12. The first kappa shape index (κ1) is 36.6. The minimum absolute atomic E-state index is 0.0444. The van der Waals surface area contributed by atoms with Gasteiger partial charge in [0.2, 0.25) is 21.8 Å². The molecule has 4 aliphatic carbocycles. The fourth-order valence-electron chi connectivity index (χ4n) is 7.76. The molecule has 1 saturated heterocycles. The maximum absolute atomic E-state index is 14.4. The Bertz CT molecular complexity index is 1910. The van der Waals surface area contributed by atoms with Crippen molar-refractivity contribution in [2.75, 3.05) is 6.54 Å². The van der Waals surface area contributed by atoms with Gasteiger partial charge in [0, 0.05) is 23.5 Å². The van der Waals surface area contributed by atoms with Crippen molar-refractivity contribution >= 4 is 39.5 Å². The Labute approximate surface area is 308 Å². The number of oxime groups is 1. The van der Waals surface area contributed by atoms with E-state index in [4.69, 9.17) is 9.57 Å². The van der Waals surface area contributed by atoms with Crippen molar-refractivity contribution in [1.29, 1.82) is 0 Å². The van der Waals surface area contributed by atoms with E-state index in [1.807, 2.05) is 48.5 Å². The lowest BCUT2D eigenvalue weighted by Gasteiger charge is -2.34. The minimum atomic E-state index is -3.92. The summed E-state index contributed by atoms with van der Waals surface area (Å²) in [7, 11) is -3.92. The molecule has 4 fully saturated rings. The van der Waals surface area contributed by atoms with Crippen LogP contribution < -0.4 is 10.0 Å². The Morgan fingerprint density at radius 1 is 0.981 bits per heavy atom. The minimum Gasteiger partial charge on any atom is -0.445 e. The fourth-order valence-corrected chi connectivity index (χ4v) is 9.13. The van der Waals surface area contributed by atoms with Crippen LogP contribution in [0.4, 0.5) is 4.79 Å². The summed E-state index contributed by atoms with van der Waals surface area (Å²) in [6.07, 6.45) is 3.33. The molecule has 14 nitrogen and oxygen atoms in total. The van der Waals surface area contributed by atoms with Crippen molar-refractivity contribution in [2.45, 2.75) is 100 Å². The standard InChI is InChI=1S/C38H45N5O9S/c1-4-23-20-38(23,36(46)41-53(49,50)26-17-18-26)39-34(44)31-19-25(52-40-32-29-15-9-7-13-27(29)28-14-8-10-16-30(28)32)21-42(31)35(45)33(22(2)3)43(48)37(47)51-24-11-5-6-12-24/h4,7-10,13-16,22-26,31,33,48H,1,5-6,11-12,17-21H2,2-3H3,(H,39,44)(H,41,46)/t23-,25-,31+,33+,38-/m1/s1. The molecule has 282 valence electrons. The summed E-state index contributed by atoms with van der Waals surface area (Å²) in [6.45, 7) is 6.94. The zero-order chi connectivity index (χ0) is 37.7. The second-order valence-corrected chi connectivity index (χ2v) is 17.0. The quantitative estimate of drug-likeness (QED) is 0.141. The highest BCUT2D eigenvalue weighted by atomic mass is 32.2. The maximum Gasteiger partial charge on any atom is 0.434 e. The Balaban J connectivity index is 1.16. The first-order valence-electron chi connectivity index (χ1n) is 18.3. The van der Waals surface area contributed by atoms with E-state index >= 15 is 0 Å². The largest absolute Gasteiger partial charge is 0.445 e. The van der Waals surface area contributed by atoms with Crippen molar-refractivity contribution in [3.63, 3.8) is 0 Å². The molecule has 5 atom stereocenters. The van der Waals surface area contributed by atoms with E-state index in [-0.39, 0.29) is 25.5 Å². The van der Waals surface area contributed by atoms with Gasteiger partial charge in [0.15, 0.2) is 0 Å². The number of carbonyl (C=O) groups excluding carboxylic acids is 4. The van der Waals surface area contributed by atoms with E-state index in [1.54, 1.807) is 13.8 Å². The van der Waals surface area contributed by atoms with E-state index in [0.717, 1.165) is 35.1 Å². The number of nitrogens with one attached hydrogen (secondary N) is 2. The van der Waals surface area contributed by atoms with Crippen LogP contribution in [-0.4, -0.2) is 94.7 Å². The van der Waals surface area contributed by atoms with E-state index in [0.29, 0.717) is 36.5 Å². The lowest BCUT2D eigenvalue weighted by Crippen LogP contribution is -2.59. The molecule has 2 aromatic carbocycles. The van der Waals surface area contributed by atoms with Crippen LogP contribution in [0.15, 0.2) is 66.3 Å². The van der Waals surface area contributed by atoms with Crippen LogP contribution in [0, 0.1) is 11.8 Å². The van der Waals surface area contributed by atoms with E-state index in [2.05, 4.69) is 21.8 Å². The number of hydrogen-bond donors (Lipinski definition) is 3. The van der Waals surface area contributed by atoms with Crippen LogP contribution in [0.1, 0.15) is 76.3 Å². The Kier molecular flexibility index (Phi) is 9.83. The van der Waals surface area contributed by atoms with Gasteiger partial charge < -0.3 is 19.8 Å². The molecule has 3 saturated carbocycles. The van der Waals surface area contributed by atoms with Crippen LogP contribution in [-0.2, 0) is 34.0 Å². The Morgan fingerprint density at radius 2 is 1.58 bits per heavy atom. The van der Waals surface area contributed by atoms with Gasteiger partial charge in [-0.1, -0.05) is 73.6 Å². The normalized spacial score (nSPS) is 25.2. The topological polar surface area (TPSA) is 184 Å². The number of benzene rings is 2. The average Bonchev–Trinajstić information content (AvgIpc) is 3.97. The zero-order valence-electron chi connectivity index (χ0n) is 29.8. The maximum atomic E-state index is 14.4. The molecule has 2 aromatic rings. The number of hydrogen-bond acceptors (Lipinski definition) is 10. The molecule has 53 heavy (non-hydrogen) atoms. The molecule has 3 N–H and O–H groups in total. The molecular formula is C38H45N5O9S. The number of ether oxygens (including phenoxy) is 1. The van der Waals surface area contributed by atoms with Gasteiger partial charge in [-0.05, 0) is 62.0 Å². The predicted molar refractivity (Wildman–Crippen MR) is 193 cm³/mol. The summed E-state index contributed by atoms with van der Waals surface area (Å²) in [4.78, 5) is 62.5. The van der Waals surface area contributed by atoms with Crippen LogP contribution in [0.3, 0.4) is 0 Å². The molecule has 1 heterocycles. The number of fused-ring (bicyclic) bond motifs is 3. The van der Waals surface area contributed by atoms with E-state index in [9.17, 15) is 32.8 Å². The Hall–Kier alpha value is -4.76. The summed E-state index contributed by atoms with van der Waals surface area (Å²) in [5.74, 6) is -3.47. The molecular weight excluding hydrogens is 703 g/mol. The molecule has 0 aromatic heterocycles. The smallest absolute Gasteiger partial charge is 0.434 e. The van der Waals surface area contributed by atoms with Gasteiger partial charge in [-0.15, -0.1) is 6.58 Å². The highest BCUT2D eigenvalue weighted by molar-refractivity contribution is 7.91. The third-order valence-electron chi connectivity index (χ3n) is 10.9. The van der Waals surface area contributed by atoms with Gasteiger partial charge in [0.25, 0.3) is 5.91 Å². The molecule has 0 spiro atoms. The first-order valence-corrected chi connectivity index (χ1v) is 19.8. The van der Waals surface area contributed by atoms with Gasteiger partial charge in [-0.3, -0.25) is 24.3 Å². The highest BCUT2D eigenvalue weighted by Crippen LogP contribution is 2.45. The zero-order valence-corrected chi connectivity index (χ0v) is 30.6. The molecule has 0 unspecified atom stereocenters. The average molecular weight is 748 g/mol. The molecule has 15 heteroatoms. The van der Waals surface area contributed by atoms with E-state index < -0.39 is 74.7 Å². The van der Waals surface area contributed by atoms with Crippen molar-refractivity contribution in [3.05, 3.63) is 72.3 Å². The first-order chi connectivity index (χ1) is 25.3. The van der Waals surface area contributed by atoms with Gasteiger partial charge in [0.1, 0.15) is 35.5 Å². The van der Waals surface area contributed by atoms with Gasteiger partial charge in [-0.25, -0.2) is 13.2 Å². The molecule has 5 aliphatic rings. The molecule has 4 amide bonds. The predicted octanol–water partition coefficient (Wildman–Crippen LogP) is 3.87. The number of sulfonamides is 1. The third-order valence-corrected chi connectivity index (χ3v) is 12.8. The number of amides is 4. The van der Waals surface area contributed by atoms with Crippen molar-refractivity contribution in [2.24, 2.45) is 17.0 Å². The number of hydroxylamine groups is 2. The van der Waals surface area contributed by atoms with Crippen LogP contribution in [0.2, 0.25) is 0 Å². The summed E-state index contributed by atoms with van der Waals surface area (Å²) in [5, 5.41) is 18.0. The van der Waals surface area contributed by atoms with Crippen LogP contribution >= 0.6 is 0 Å². The molecule has 0 bridgehead atoms. The second-order valence-electron chi connectivity index (χ2n) is 15.0. The summed E-state index contributed by atoms with van der Waals surface area (Å²) in [6, 6.07) is 12.9. The molecule has 0 radical (unpaired) electrons. The number of carbonyl (C=O) groups is 4. The molecule has 7 rings (SSSR count). The second kappa shape index (κ2) is 14.2. The van der Waals surface area contributed by atoms with Crippen molar-refractivity contribution in [1.82, 2.24) is 20.0 Å². The summed E-state index contributed by atoms with van der Waals surface area (Å²) in [5.41, 5.74) is 2.72. The summed E-state index contributed by atoms with van der Waals surface area (Å²) >= 11 is 0. The van der Waals surface area contributed by atoms with Crippen LogP contribution in [0.25, 0.3) is 11.1 Å². The molecule has 1 aliphatic heterocycles. The van der Waals surface area contributed by atoms with E-state index in [1.165, 1.54) is 11.0 Å². The fraction of sp³-hybridized carbons (Fsp3) is 0.500. The van der Waals surface area contributed by atoms with Crippen LogP contribution in [0.5, 0.6) is 0 Å². The lowest BCUT2D eigenvalue weighted by atomic mass is 10.0. The van der Waals surface area contributed by atoms with Gasteiger partial charge in [0.05, 0.1) is 11.8 Å². The lowest BCUT2D eigenvalue weighted by molar-refractivity contribution is -0.164. The number of likely N-dealkylation sites (tertiary alicyclic amines) is 1. The van der Waals surface area contributed by atoms with Crippen molar-refractivity contribution in [3.8, 4) is 11.1 Å². The van der Waals surface area contributed by atoms with Gasteiger partial charge >= 0.3 is 6.09 Å². The summed E-state index contributed by atoms with van der Waals surface area (Å²) < 4.78 is 33.0. The third kappa shape index (κ3) is 7.03. The number of nitrogens with zero attached hydrogens (tertiary/aromatic N) is 3.